The molecule has 8 nitrogen and oxygen atoms in total. The van der Waals surface area contributed by atoms with Crippen molar-refractivity contribution in [3.8, 4) is 0 Å². The largest absolute Gasteiger partial charge is 0.466 e. The molecule has 1 atom stereocenters. The maximum absolute atomic E-state index is 12.2. The number of rotatable bonds is 8. The van der Waals surface area contributed by atoms with Crippen LogP contribution >= 0.6 is 0 Å². The first-order valence-corrected chi connectivity index (χ1v) is 9.04. The van der Waals surface area contributed by atoms with Gasteiger partial charge in [-0.25, -0.2) is 9.59 Å². The number of nitrogens with one attached hydrogen (secondary N) is 2. The van der Waals surface area contributed by atoms with Gasteiger partial charge in [0.25, 0.3) is 0 Å². The van der Waals surface area contributed by atoms with Gasteiger partial charge in [0.2, 0.25) is 5.91 Å². The van der Waals surface area contributed by atoms with Gasteiger partial charge in [-0.2, -0.15) is 0 Å². The molecule has 0 saturated carbocycles. The van der Waals surface area contributed by atoms with Crippen molar-refractivity contribution in [1.29, 1.82) is 0 Å². The lowest BCUT2D eigenvalue weighted by molar-refractivity contribution is -0.143. The number of benzene rings is 2. The second-order valence-electron chi connectivity index (χ2n) is 5.94. The van der Waals surface area contributed by atoms with E-state index in [0.29, 0.717) is 0 Å². The average Bonchev–Trinajstić information content (AvgIpc) is 2.73. The minimum absolute atomic E-state index is 0.0550. The third kappa shape index (κ3) is 7.45. The van der Waals surface area contributed by atoms with Crippen molar-refractivity contribution >= 4 is 23.9 Å². The van der Waals surface area contributed by atoms with Crippen LogP contribution in [0.1, 0.15) is 35.3 Å². The summed E-state index contributed by atoms with van der Waals surface area (Å²) in [6, 6.07) is 16.3. The lowest BCUT2D eigenvalue weighted by atomic mass is 10.0. The summed E-state index contributed by atoms with van der Waals surface area (Å²) in [6.45, 7) is 1.50. The zero-order valence-corrected chi connectivity index (χ0v) is 15.9. The Bertz CT molecular complexity index is 839. The minimum atomic E-state index is -1.05. The third-order valence-electron chi connectivity index (χ3n) is 3.80. The summed E-state index contributed by atoms with van der Waals surface area (Å²) in [7, 11) is 0. The van der Waals surface area contributed by atoms with E-state index < -0.39 is 36.5 Å². The Labute approximate surface area is 168 Å². The summed E-state index contributed by atoms with van der Waals surface area (Å²) in [5.74, 6) is -1.83. The number of ether oxygens (including phenoxy) is 2. The SMILES string of the molecule is CCOC(=O)CC(NC(=O)CNC(=O)OC(=O)c1ccccc1)c1ccccc1. The van der Waals surface area contributed by atoms with E-state index in [1.54, 1.807) is 49.4 Å². The molecule has 2 N–H and O–H groups in total. The van der Waals surface area contributed by atoms with Crippen LogP contribution in [0.4, 0.5) is 4.79 Å². The van der Waals surface area contributed by atoms with Crippen LogP contribution in [0.15, 0.2) is 60.7 Å². The molecule has 0 aromatic heterocycles. The smallest absolute Gasteiger partial charge is 0.415 e. The highest BCUT2D eigenvalue weighted by molar-refractivity contribution is 5.97. The molecule has 2 aromatic rings. The van der Waals surface area contributed by atoms with Crippen molar-refractivity contribution in [2.24, 2.45) is 0 Å². The maximum Gasteiger partial charge on any atom is 0.415 e. The normalized spacial score (nSPS) is 11.1. The van der Waals surface area contributed by atoms with Crippen LogP contribution in [0.2, 0.25) is 0 Å². The van der Waals surface area contributed by atoms with E-state index in [9.17, 15) is 19.2 Å². The van der Waals surface area contributed by atoms with Crippen molar-refractivity contribution in [1.82, 2.24) is 10.6 Å². The van der Waals surface area contributed by atoms with Gasteiger partial charge in [0.1, 0.15) is 6.54 Å². The summed E-state index contributed by atoms with van der Waals surface area (Å²) in [5.41, 5.74) is 0.932. The molecule has 1 unspecified atom stereocenters. The van der Waals surface area contributed by atoms with Crippen LogP contribution in [0, 0.1) is 0 Å². The number of hydrogen-bond donors (Lipinski definition) is 2. The molecule has 0 aliphatic heterocycles. The first-order chi connectivity index (χ1) is 14.0. The number of esters is 2. The monoisotopic (exact) mass is 398 g/mol. The van der Waals surface area contributed by atoms with Crippen LogP contribution < -0.4 is 10.6 Å². The molecule has 29 heavy (non-hydrogen) atoms. The van der Waals surface area contributed by atoms with Gasteiger partial charge < -0.3 is 20.1 Å². The lowest BCUT2D eigenvalue weighted by Gasteiger charge is -2.18. The van der Waals surface area contributed by atoms with Gasteiger partial charge in [-0.1, -0.05) is 48.5 Å². The number of alkyl carbamates (subject to hydrolysis) is 1. The number of carbonyl (C=O) groups is 4. The third-order valence-corrected chi connectivity index (χ3v) is 3.80. The molecular formula is C21H22N2O6. The fourth-order valence-electron chi connectivity index (χ4n) is 2.48. The molecule has 0 bridgehead atoms. The average molecular weight is 398 g/mol. The van der Waals surface area contributed by atoms with Gasteiger partial charge in [0.15, 0.2) is 0 Å². The molecule has 0 aliphatic carbocycles. The van der Waals surface area contributed by atoms with E-state index in [2.05, 4.69) is 15.4 Å². The Balaban J connectivity index is 1.88. The van der Waals surface area contributed by atoms with Crippen molar-refractivity contribution in [3.63, 3.8) is 0 Å². The van der Waals surface area contributed by atoms with Gasteiger partial charge in [-0.15, -0.1) is 0 Å². The molecule has 2 rings (SSSR count). The summed E-state index contributed by atoms with van der Waals surface area (Å²) < 4.78 is 9.57. The fraction of sp³-hybridized carbons (Fsp3) is 0.238. The quantitative estimate of drug-likeness (QED) is 0.522. The van der Waals surface area contributed by atoms with E-state index in [0.717, 1.165) is 5.56 Å². The fourth-order valence-corrected chi connectivity index (χ4v) is 2.48. The van der Waals surface area contributed by atoms with Crippen LogP contribution in [-0.4, -0.2) is 37.1 Å². The molecule has 152 valence electrons. The molecule has 0 heterocycles. The number of hydrogen-bond acceptors (Lipinski definition) is 6. The Morgan fingerprint density at radius 2 is 1.55 bits per heavy atom. The second-order valence-corrected chi connectivity index (χ2v) is 5.94. The summed E-state index contributed by atoms with van der Waals surface area (Å²) in [5, 5.41) is 4.88. The van der Waals surface area contributed by atoms with Gasteiger partial charge in [0, 0.05) is 0 Å². The summed E-state index contributed by atoms with van der Waals surface area (Å²) in [6.07, 6.45) is -1.10. The Kier molecular flexibility index (Phi) is 8.37. The van der Waals surface area contributed by atoms with Crippen LogP contribution in [0.3, 0.4) is 0 Å². The van der Waals surface area contributed by atoms with E-state index in [4.69, 9.17) is 4.74 Å². The van der Waals surface area contributed by atoms with E-state index >= 15 is 0 Å². The second kappa shape index (κ2) is 11.2. The van der Waals surface area contributed by atoms with Gasteiger partial charge in [-0.3, -0.25) is 9.59 Å². The summed E-state index contributed by atoms with van der Waals surface area (Å²) in [4.78, 5) is 47.6. The van der Waals surface area contributed by atoms with Crippen molar-refractivity contribution in [2.75, 3.05) is 13.2 Å². The number of carbonyl (C=O) groups excluding carboxylic acids is 4. The van der Waals surface area contributed by atoms with E-state index in [-0.39, 0.29) is 18.6 Å². The highest BCUT2D eigenvalue weighted by atomic mass is 16.6. The van der Waals surface area contributed by atoms with E-state index in [1.807, 2.05) is 6.07 Å². The van der Waals surface area contributed by atoms with Crippen molar-refractivity contribution in [2.45, 2.75) is 19.4 Å². The van der Waals surface area contributed by atoms with Gasteiger partial charge >= 0.3 is 18.0 Å². The molecule has 0 aliphatic rings. The zero-order valence-electron chi connectivity index (χ0n) is 15.9. The molecule has 0 radical (unpaired) electrons. The van der Waals surface area contributed by atoms with Crippen LogP contribution in [0.5, 0.6) is 0 Å². The van der Waals surface area contributed by atoms with Crippen LogP contribution in [-0.2, 0) is 19.1 Å². The Morgan fingerprint density at radius 3 is 2.17 bits per heavy atom. The molecular weight excluding hydrogens is 376 g/mol. The first-order valence-electron chi connectivity index (χ1n) is 9.04. The van der Waals surface area contributed by atoms with Gasteiger partial charge in [-0.05, 0) is 24.6 Å². The van der Waals surface area contributed by atoms with Crippen molar-refractivity contribution in [3.05, 3.63) is 71.8 Å². The Morgan fingerprint density at radius 1 is 0.931 bits per heavy atom. The predicted octanol–water partition coefficient (Wildman–Crippen LogP) is 2.36. The topological polar surface area (TPSA) is 111 Å². The highest BCUT2D eigenvalue weighted by Gasteiger charge is 2.20. The molecule has 2 amide bonds. The predicted molar refractivity (Wildman–Crippen MR) is 104 cm³/mol. The molecule has 0 saturated heterocycles. The molecule has 0 fully saturated rings. The lowest BCUT2D eigenvalue weighted by Crippen LogP contribution is -2.40. The molecule has 0 spiro atoms. The zero-order chi connectivity index (χ0) is 21.1. The highest BCUT2D eigenvalue weighted by Crippen LogP contribution is 2.17. The first kappa shape index (κ1) is 21.6. The van der Waals surface area contributed by atoms with Gasteiger partial charge in [0.05, 0.1) is 24.6 Å². The Hall–Kier alpha value is -3.68. The van der Waals surface area contributed by atoms with E-state index in [1.165, 1.54) is 12.1 Å². The minimum Gasteiger partial charge on any atom is -0.466 e. The molecule has 2 aromatic carbocycles. The standard InChI is InChI=1S/C21H22N2O6/c1-2-28-19(25)13-17(15-9-5-3-6-10-15)23-18(24)14-22-21(27)29-20(26)16-11-7-4-8-12-16/h3-12,17H,2,13-14H2,1H3,(H,22,27)(H,23,24). The van der Waals surface area contributed by atoms with Crippen LogP contribution in [0.25, 0.3) is 0 Å². The van der Waals surface area contributed by atoms with Crippen molar-refractivity contribution < 1.29 is 28.7 Å². The number of amides is 2. The summed E-state index contributed by atoms with van der Waals surface area (Å²) >= 11 is 0. The molecule has 8 heteroatoms. The maximum atomic E-state index is 12.2.